The molecule has 0 aromatic heterocycles. The Kier molecular flexibility index (Phi) is 6.81. The molecule has 1 fully saturated rings. The van der Waals surface area contributed by atoms with Crippen LogP contribution < -0.4 is 10.1 Å². The highest BCUT2D eigenvalue weighted by Crippen LogP contribution is 2.39. The van der Waals surface area contributed by atoms with Crippen molar-refractivity contribution in [2.45, 2.75) is 31.3 Å². The van der Waals surface area contributed by atoms with Gasteiger partial charge in [0, 0.05) is 30.6 Å². The Morgan fingerprint density at radius 3 is 3.00 bits per heavy atom. The molecule has 152 valence electrons. The summed E-state index contributed by atoms with van der Waals surface area (Å²) >= 11 is 6.12. The molecule has 0 spiro atoms. The Labute approximate surface area is 172 Å². The Morgan fingerprint density at radius 2 is 2.29 bits per heavy atom. The quantitative estimate of drug-likeness (QED) is 0.764. The van der Waals surface area contributed by atoms with E-state index in [2.05, 4.69) is 11.4 Å². The van der Waals surface area contributed by atoms with Crippen LogP contribution in [0.2, 0.25) is 0 Å². The predicted octanol–water partition coefficient (Wildman–Crippen LogP) is 3.18. The minimum atomic E-state index is -0.998. The number of likely N-dealkylation sites (tertiary alicyclic amines) is 1. The molecule has 1 aromatic carbocycles. The van der Waals surface area contributed by atoms with E-state index >= 15 is 0 Å². The van der Waals surface area contributed by atoms with Gasteiger partial charge in [-0.2, -0.15) is 0 Å². The smallest absolute Gasteiger partial charge is 0.226 e. The van der Waals surface area contributed by atoms with Gasteiger partial charge in [-0.15, -0.1) is 0 Å². The van der Waals surface area contributed by atoms with Gasteiger partial charge in [0.1, 0.15) is 5.75 Å². The summed E-state index contributed by atoms with van der Waals surface area (Å²) in [6.07, 6.45) is 6.58. The van der Waals surface area contributed by atoms with Gasteiger partial charge in [0.2, 0.25) is 5.91 Å². The van der Waals surface area contributed by atoms with Crippen LogP contribution >= 0.6 is 11.6 Å². The van der Waals surface area contributed by atoms with E-state index in [1.165, 1.54) is 0 Å². The van der Waals surface area contributed by atoms with Crippen LogP contribution in [0.15, 0.2) is 47.0 Å². The second kappa shape index (κ2) is 9.12. The molecule has 1 amide bonds. The molecule has 2 atom stereocenters. The molecule has 1 aromatic rings. The predicted molar refractivity (Wildman–Crippen MR) is 111 cm³/mol. The zero-order chi connectivity index (χ0) is 20.1. The maximum Gasteiger partial charge on any atom is 0.226 e. The topological polar surface area (TPSA) is 61.8 Å². The first-order chi connectivity index (χ1) is 13.5. The van der Waals surface area contributed by atoms with Crippen LogP contribution in [-0.4, -0.2) is 49.7 Å². The molecule has 1 aliphatic heterocycles. The molecule has 6 heteroatoms. The first kappa shape index (κ1) is 20.9. The number of halogens is 1. The van der Waals surface area contributed by atoms with Crippen LogP contribution in [0.3, 0.4) is 0 Å². The third-order valence-electron chi connectivity index (χ3n) is 5.74. The fraction of sp³-hybridized carbons (Fsp3) is 0.500. The minimum absolute atomic E-state index is 0.0858. The van der Waals surface area contributed by atoms with E-state index in [0.717, 1.165) is 34.8 Å². The van der Waals surface area contributed by atoms with E-state index in [1.807, 2.05) is 42.3 Å². The standard InChI is InChI=1S/C22H29ClN2O3/c1-24-14-18-15-25(21(26)12-16-5-3-7-19(23)11-16)10-9-22(18,27)17-6-4-8-20(13-17)28-2/h4-6,8,11,13,18,24,27H,3,7,9-10,12,14-15H2,1-2H3. The number of carbonyl (C=O) groups excluding carboxylic acids is 1. The molecule has 0 radical (unpaired) electrons. The molecule has 1 saturated heterocycles. The SMILES string of the molecule is CNCC1CN(C(=O)CC2=CCCC(Cl)=C2)CCC1(O)c1cccc(OC)c1. The average molecular weight is 405 g/mol. The highest BCUT2D eigenvalue weighted by Gasteiger charge is 2.43. The maximum atomic E-state index is 12.9. The summed E-state index contributed by atoms with van der Waals surface area (Å²) in [4.78, 5) is 14.7. The second-order valence-electron chi connectivity index (χ2n) is 7.59. The summed E-state index contributed by atoms with van der Waals surface area (Å²) in [7, 11) is 3.49. The maximum absolute atomic E-state index is 12.9. The van der Waals surface area contributed by atoms with Crippen LogP contribution in [0.25, 0.3) is 0 Å². The molecular weight excluding hydrogens is 376 g/mol. The van der Waals surface area contributed by atoms with Crippen molar-refractivity contribution < 1.29 is 14.6 Å². The molecule has 0 saturated carbocycles. The first-order valence-electron chi connectivity index (χ1n) is 9.80. The average Bonchev–Trinajstić information content (AvgIpc) is 2.70. The normalized spacial score (nSPS) is 25.1. The van der Waals surface area contributed by atoms with E-state index in [-0.39, 0.29) is 11.8 Å². The number of allylic oxidation sites excluding steroid dienone is 3. The van der Waals surface area contributed by atoms with Gasteiger partial charge >= 0.3 is 0 Å². The Morgan fingerprint density at radius 1 is 1.46 bits per heavy atom. The number of carbonyl (C=O) groups is 1. The molecular formula is C22H29ClN2O3. The van der Waals surface area contributed by atoms with Crippen molar-refractivity contribution in [2.75, 3.05) is 33.8 Å². The number of hydrogen-bond acceptors (Lipinski definition) is 4. The summed E-state index contributed by atoms with van der Waals surface area (Å²) in [5, 5.41) is 15.5. The minimum Gasteiger partial charge on any atom is -0.497 e. The summed E-state index contributed by atoms with van der Waals surface area (Å²) in [6.45, 7) is 1.65. The monoisotopic (exact) mass is 404 g/mol. The van der Waals surface area contributed by atoms with Crippen molar-refractivity contribution >= 4 is 17.5 Å². The molecule has 1 aliphatic carbocycles. The lowest BCUT2D eigenvalue weighted by molar-refractivity contribution is -0.140. The fourth-order valence-electron chi connectivity index (χ4n) is 4.13. The zero-order valence-electron chi connectivity index (χ0n) is 16.6. The van der Waals surface area contributed by atoms with Gasteiger partial charge in [0.15, 0.2) is 0 Å². The molecule has 2 aliphatic rings. The molecule has 0 bridgehead atoms. The molecule has 1 heterocycles. The molecule has 5 nitrogen and oxygen atoms in total. The van der Waals surface area contributed by atoms with E-state index in [4.69, 9.17) is 16.3 Å². The van der Waals surface area contributed by atoms with Crippen LogP contribution in [0.5, 0.6) is 5.75 Å². The number of piperidine rings is 1. The van der Waals surface area contributed by atoms with E-state index < -0.39 is 5.60 Å². The fourth-order valence-corrected chi connectivity index (χ4v) is 4.38. The van der Waals surface area contributed by atoms with E-state index in [1.54, 1.807) is 7.11 Å². The Bertz CT molecular complexity index is 777. The number of nitrogens with one attached hydrogen (secondary N) is 1. The van der Waals surface area contributed by atoms with Crippen LogP contribution in [-0.2, 0) is 10.4 Å². The third kappa shape index (κ3) is 4.59. The Balaban J connectivity index is 1.74. The van der Waals surface area contributed by atoms with Gasteiger partial charge in [-0.3, -0.25) is 4.79 Å². The van der Waals surface area contributed by atoms with Crippen LogP contribution in [0.1, 0.15) is 31.2 Å². The number of amides is 1. The van der Waals surface area contributed by atoms with Gasteiger partial charge in [0.25, 0.3) is 0 Å². The second-order valence-corrected chi connectivity index (χ2v) is 8.07. The van der Waals surface area contributed by atoms with Crippen molar-refractivity contribution in [3.63, 3.8) is 0 Å². The number of hydrogen-bond donors (Lipinski definition) is 2. The number of rotatable bonds is 6. The summed E-state index contributed by atoms with van der Waals surface area (Å²) in [5.41, 5.74) is 0.825. The number of aliphatic hydroxyl groups is 1. The van der Waals surface area contributed by atoms with Gasteiger partial charge in [0.05, 0.1) is 19.1 Å². The van der Waals surface area contributed by atoms with Crippen molar-refractivity contribution in [1.82, 2.24) is 10.2 Å². The molecule has 2 unspecified atom stereocenters. The largest absolute Gasteiger partial charge is 0.497 e. The summed E-state index contributed by atoms with van der Waals surface area (Å²) in [5.74, 6) is 0.699. The number of benzene rings is 1. The van der Waals surface area contributed by atoms with E-state index in [0.29, 0.717) is 32.5 Å². The number of methoxy groups -OCH3 is 1. The number of ether oxygens (including phenoxy) is 1. The lowest BCUT2D eigenvalue weighted by atomic mass is 9.75. The van der Waals surface area contributed by atoms with Crippen molar-refractivity contribution in [1.29, 1.82) is 0 Å². The van der Waals surface area contributed by atoms with Crippen molar-refractivity contribution in [3.8, 4) is 5.75 Å². The van der Waals surface area contributed by atoms with Crippen LogP contribution in [0.4, 0.5) is 0 Å². The summed E-state index contributed by atoms with van der Waals surface area (Å²) < 4.78 is 5.32. The van der Waals surface area contributed by atoms with Crippen molar-refractivity contribution in [3.05, 3.63) is 52.6 Å². The van der Waals surface area contributed by atoms with Gasteiger partial charge < -0.3 is 20.1 Å². The van der Waals surface area contributed by atoms with Gasteiger partial charge in [-0.1, -0.05) is 29.8 Å². The molecule has 2 N–H and O–H groups in total. The third-order valence-corrected chi connectivity index (χ3v) is 6.04. The first-order valence-corrected chi connectivity index (χ1v) is 10.2. The van der Waals surface area contributed by atoms with Crippen LogP contribution in [0, 0.1) is 5.92 Å². The van der Waals surface area contributed by atoms with E-state index in [9.17, 15) is 9.90 Å². The van der Waals surface area contributed by atoms with Crippen molar-refractivity contribution in [2.24, 2.45) is 5.92 Å². The zero-order valence-corrected chi connectivity index (χ0v) is 17.3. The van der Waals surface area contributed by atoms with Gasteiger partial charge in [-0.25, -0.2) is 0 Å². The Hall–Kier alpha value is -1.82. The highest BCUT2D eigenvalue weighted by molar-refractivity contribution is 6.29. The van der Waals surface area contributed by atoms with Gasteiger partial charge in [-0.05, 0) is 55.7 Å². The lowest BCUT2D eigenvalue weighted by Gasteiger charge is -2.45. The molecule has 3 rings (SSSR count). The number of nitrogens with zero attached hydrogens (tertiary/aromatic N) is 1. The lowest BCUT2D eigenvalue weighted by Crippen LogP contribution is -2.54. The summed E-state index contributed by atoms with van der Waals surface area (Å²) in [6, 6.07) is 7.59. The molecule has 28 heavy (non-hydrogen) atoms. The highest BCUT2D eigenvalue weighted by atomic mass is 35.5.